The largest absolute Gasteiger partial charge is 0.485 e. The molecule has 0 atom stereocenters. The summed E-state index contributed by atoms with van der Waals surface area (Å²) in [7, 11) is 0. The maximum absolute atomic E-state index is 11.1. The van der Waals surface area contributed by atoms with E-state index in [1.807, 2.05) is 13.0 Å². The smallest absolute Gasteiger partial charge is 0.203 e. The van der Waals surface area contributed by atoms with Crippen molar-refractivity contribution in [1.82, 2.24) is 0 Å². The molecule has 1 aliphatic heterocycles. The number of hydrogen-bond donors (Lipinski definition) is 0. The van der Waals surface area contributed by atoms with Crippen molar-refractivity contribution >= 4 is 5.78 Å². The van der Waals surface area contributed by atoms with E-state index in [4.69, 9.17) is 4.74 Å². The lowest BCUT2D eigenvalue weighted by atomic mass is 10.1. The molecule has 1 rings (SSSR count). The summed E-state index contributed by atoms with van der Waals surface area (Å²) in [5, 5.41) is 0. The molecule has 0 fully saturated rings. The van der Waals surface area contributed by atoms with Crippen molar-refractivity contribution in [1.29, 1.82) is 0 Å². The minimum atomic E-state index is 0.0259. The zero-order valence-corrected chi connectivity index (χ0v) is 6.46. The Hall–Kier alpha value is -1.31. The highest BCUT2D eigenvalue weighted by Crippen LogP contribution is 2.17. The lowest BCUT2D eigenvalue weighted by Crippen LogP contribution is -1.98. The molecule has 0 radical (unpaired) electrons. The summed E-state index contributed by atoms with van der Waals surface area (Å²) in [6.07, 6.45) is 5.11. The highest BCUT2D eigenvalue weighted by molar-refractivity contribution is 6.01. The Balaban J connectivity index is 2.98. The summed E-state index contributed by atoms with van der Waals surface area (Å²) < 4.78 is 5.04. The van der Waals surface area contributed by atoms with Crippen molar-refractivity contribution in [3.05, 3.63) is 36.1 Å². The number of hydrogen-bond acceptors (Lipinski definition) is 2. The van der Waals surface area contributed by atoms with Gasteiger partial charge in [0, 0.05) is 0 Å². The molecule has 58 valence electrons. The normalized spacial score (nSPS) is 17.7. The van der Waals surface area contributed by atoms with E-state index in [1.165, 1.54) is 0 Å². The number of rotatable bonds is 2. The average Bonchev–Trinajstić information content (AvgIpc) is 2.34. The number of Topliss-reactive ketones (excluding diaryl/α,β-unsaturated/α-hetero) is 1. The van der Waals surface area contributed by atoms with Crippen LogP contribution in [0.25, 0.3) is 0 Å². The van der Waals surface area contributed by atoms with Crippen molar-refractivity contribution in [2.45, 2.75) is 6.92 Å². The minimum absolute atomic E-state index is 0.0259. The van der Waals surface area contributed by atoms with Crippen LogP contribution >= 0.6 is 0 Å². The number of carbonyl (C=O) groups excluding carboxylic acids is 1. The summed E-state index contributed by atoms with van der Waals surface area (Å²) in [4.78, 5) is 11.1. The second kappa shape index (κ2) is 3.19. The van der Waals surface area contributed by atoms with E-state index < -0.39 is 0 Å². The van der Waals surface area contributed by atoms with Crippen LogP contribution in [0.1, 0.15) is 6.92 Å². The van der Waals surface area contributed by atoms with E-state index in [0.717, 1.165) is 0 Å². The van der Waals surface area contributed by atoms with Crippen molar-refractivity contribution in [2.75, 3.05) is 6.61 Å². The fourth-order valence-corrected chi connectivity index (χ4v) is 0.947. The Bertz CT molecular complexity index is 246. The molecule has 1 heterocycles. The molecule has 2 nitrogen and oxygen atoms in total. The van der Waals surface area contributed by atoms with E-state index in [2.05, 4.69) is 6.58 Å². The lowest BCUT2D eigenvalue weighted by Gasteiger charge is -1.92. The first kappa shape index (κ1) is 7.79. The molecule has 0 aromatic heterocycles. The minimum Gasteiger partial charge on any atom is -0.485 e. The van der Waals surface area contributed by atoms with Gasteiger partial charge in [-0.25, -0.2) is 0 Å². The third kappa shape index (κ3) is 1.40. The molecular formula is C9H10O2. The van der Waals surface area contributed by atoms with Crippen LogP contribution in [-0.4, -0.2) is 12.4 Å². The van der Waals surface area contributed by atoms with Gasteiger partial charge in [0.05, 0.1) is 5.57 Å². The van der Waals surface area contributed by atoms with E-state index >= 15 is 0 Å². The molecule has 0 aliphatic carbocycles. The highest BCUT2D eigenvalue weighted by Gasteiger charge is 2.19. The van der Waals surface area contributed by atoms with Crippen LogP contribution in [-0.2, 0) is 9.53 Å². The number of allylic oxidation sites excluding steroid dienone is 3. The summed E-state index contributed by atoms with van der Waals surface area (Å²) in [6.45, 7) is 5.55. The maximum atomic E-state index is 11.1. The summed E-state index contributed by atoms with van der Waals surface area (Å²) in [6, 6.07) is 0. The molecule has 0 aromatic rings. The van der Waals surface area contributed by atoms with Crippen LogP contribution in [0.3, 0.4) is 0 Å². The average molecular weight is 150 g/mol. The summed E-state index contributed by atoms with van der Waals surface area (Å²) in [5.74, 6) is 0.617. The van der Waals surface area contributed by atoms with Gasteiger partial charge in [0.2, 0.25) is 5.78 Å². The van der Waals surface area contributed by atoms with E-state index in [-0.39, 0.29) is 12.4 Å². The highest BCUT2D eigenvalue weighted by atomic mass is 16.5. The van der Waals surface area contributed by atoms with Crippen molar-refractivity contribution in [3.63, 3.8) is 0 Å². The Morgan fingerprint density at radius 3 is 2.91 bits per heavy atom. The molecule has 0 amide bonds. The topological polar surface area (TPSA) is 26.3 Å². The molecule has 0 unspecified atom stereocenters. The predicted octanol–water partition coefficient (Wildman–Crippen LogP) is 1.60. The molecule has 0 aromatic carbocycles. The zero-order chi connectivity index (χ0) is 8.27. The first-order chi connectivity index (χ1) is 5.29. The second-order valence-electron chi connectivity index (χ2n) is 2.19. The Kier molecular flexibility index (Phi) is 2.26. The van der Waals surface area contributed by atoms with Gasteiger partial charge in [0.15, 0.2) is 6.61 Å². The van der Waals surface area contributed by atoms with Gasteiger partial charge in [0.1, 0.15) is 5.76 Å². The molecule has 0 spiro atoms. The van der Waals surface area contributed by atoms with Gasteiger partial charge >= 0.3 is 0 Å². The number of ether oxygens (including phenoxy) is 1. The first-order valence-corrected chi connectivity index (χ1v) is 3.45. The van der Waals surface area contributed by atoms with Gasteiger partial charge in [0.25, 0.3) is 0 Å². The van der Waals surface area contributed by atoms with Gasteiger partial charge in [-0.15, -0.1) is 0 Å². The van der Waals surface area contributed by atoms with E-state index in [1.54, 1.807) is 12.2 Å². The summed E-state index contributed by atoms with van der Waals surface area (Å²) in [5.41, 5.74) is 0.627. The summed E-state index contributed by atoms with van der Waals surface area (Å²) >= 11 is 0. The van der Waals surface area contributed by atoms with Crippen LogP contribution < -0.4 is 0 Å². The number of carbonyl (C=O) groups is 1. The zero-order valence-electron chi connectivity index (χ0n) is 6.46. The second-order valence-corrected chi connectivity index (χ2v) is 2.19. The van der Waals surface area contributed by atoms with Crippen LogP contribution in [0.2, 0.25) is 0 Å². The fourth-order valence-electron chi connectivity index (χ4n) is 0.947. The van der Waals surface area contributed by atoms with Gasteiger partial charge in [-0.2, -0.15) is 0 Å². The van der Waals surface area contributed by atoms with Gasteiger partial charge in [-0.3, -0.25) is 4.79 Å². The van der Waals surface area contributed by atoms with Gasteiger partial charge in [-0.1, -0.05) is 18.7 Å². The molecule has 0 bridgehead atoms. The lowest BCUT2D eigenvalue weighted by molar-refractivity contribution is -0.116. The quantitative estimate of drug-likeness (QED) is 0.597. The Morgan fingerprint density at radius 1 is 1.64 bits per heavy atom. The molecule has 11 heavy (non-hydrogen) atoms. The molecule has 1 aliphatic rings. The Morgan fingerprint density at radius 2 is 2.36 bits per heavy atom. The first-order valence-electron chi connectivity index (χ1n) is 3.45. The molecule has 2 heteroatoms. The van der Waals surface area contributed by atoms with Crippen molar-refractivity contribution < 1.29 is 9.53 Å². The van der Waals surface area contributed by atoms with Crippen LogP contribution in [0.15, 0.2) is 36.1 Å². The van der Waals surface area contributed by atoms with Crippen LogP contribution in [0, 0.1) is 0 Å². The third-order valence-corrected chi connectivity index (χ3v) is 1.44. The molecular weight excluding hydrogens is 140 g/mol. The predicted molar refractivity (Wildman–Crippen MR) is 43.0 cm³/mol. The van der Waals surface area contributed by atoms with E-state index in [0.29, 0.717) is 11.3 Å². The SMILES string of the molecule is C=CC1=C(/C=C\C)C(=O)CO1. The monoisotopic (exact) mass is 150 g/mol. The van der Waals surface area contributed by atoms with Crippen molar-refractivity contribution in [3.8, 4) is 0 Å². The standard InChI is InChI=1S/C9H10O2/c1-3-5-7-8(10)6-11-9(7)4-2/h3-5H,2,6H2,1H3/b5-3-. The van der Waals surface area contributed by atoms with E-state index in [9.17, 15) is 4.79 Å². The molecule has 0 saturated heterocycles. The number of ketones is 1. The van der Waals surface area contributed by atoms with Crippen LogP contribution in [0.5, 0.6) is 0 Å². The van der Waals surface area contributed by atoms with Gasteiger partial charge < -0.3 is 4.74 Å². The van der Waals surface area contributed by atoms with Gasteiger partial charge in [-0.05, 0) is 13.0 Å². The van der Waals surface area contributed by atoms with Crippen molar-refractivity contribution in [2.24, 2.45) is 0 Å². The Labute approximate surface area is 65.9 Å². The molecule has 0 saturated carbocycles. The maximum Gasteiger partial charge on any atom is 0.203 e. The third-order valence-electron chi connectivity index (χ3n) is 1.44. The fraction of sp³-hybridized carbons (Fsp3) is 0.222. The molecule has 0 N–H and O–H groups in total. The van der Waals surface area contributed by atoms with Crippen LogP contribution in [0.4, 0.5) is 0 Å².